The molecule has 10 rings (SSSR count). The molecule has 4 amide bonds. The van der Waals surface area contributed by atoms with Crippen molar-refractivity contribution in [1.82, 2.24) is 9.99 Å². The van der Waals surface area contributed by atoms with E-state index in [-0.39, 0.29) is 35.9 Å². The van der Waals surface area contributed by atoms with Crippen molar-refractivity contribution < 1.29 is 42.3 Å². The van der Waals surface area contributed by atoms with Gasteiger partial charge in [-0.15, -0.1) is 0 Å². The number of fused-ring (bicyclic) bond motifs is 5. The summed E-state index contributed by atoms with van der Waals surface area (Å²) in [6.07, 6.45) is -2.33. The standard InChI is InChI=1S/C49H33Cl2F3N4O6/c50-29-14-12-27(13-15-29)48-37(45(62)58(47(48)64)56-43-38(51)22-28(24-55-43)49(52,53)54)23-36-34(41(48)33-20-21-39(59)32-9-5-4-8-31(32)33)18-19-35-40(36)46(63)57(44(35)61)30-16-10-26(11-17-30)42(60)25-6-2-1-3-7-25/h1-18,20-22,24,35-37,40-41,59H,19,23H2,(H,55,56)/t35-,36+,37-,40-,41-,48+/m0/s1. The van der Waals surface area contributed by atoms with E-state index in [1.165, 1.54) is 6.07 Å². The topological polar surface area (TPSA) is 137 Å². The van der Waals surface area contributed by atoms with Gasteiger partial charge >= 0.3 is 6.18 Å². The van der Waals surface area contributed by atoms with Crippen molar-refractivity contribution >= 4 is 74.9 Å². The number of alkyl halides is 3. The summed E-state index contributed by atoms with van der Waals surface area (Å²) in [4.78, 5) is 78.3. The minimum atomic E-state index is -4.77. The van der Waals surface area contributed by atoms with Crippen LogP contribution in [0.1, 0.15) is 51.4 Å². The zero-order chi connectivity index (χ0) is 44.8. The van der Waals surface area contributed by atoms with Crippen LogP contribution < -0.4 is 10.3 Å². The second kappa shape index (κ2) is 15.2. The number of rotatable bonds is 7. The average molecular weight is 902 g/mol. The van der Waals surface area contributed by atoms with Gasteiger partial charge in [0.15, 0.2) is 11.6 Å². The van der Waals surface area contributed by atoms with Gasteiger partial charge in [0.05, 0.1) is 39.4 Å². The number of benzene rings is 5. The fraction of sp³-hybridized carbons (Fsp3) is 0.184. The van der Waals surface area contributed by atoms with Crippen LogP contribution in [0.3, 0.4) is 0 Å². The van der Waals surface area contributed by atoms with Gasteiger partial charge in [-0.25, -0.2) is 4.98 Å². The molecule has 3 fully saturated rings. The van der Waals surface area contributed by atoms with E-state index in [2.05, 4.69) is 10.4 Å². The molecule has 1 aromatic heterocycles. The van der Waals surface area contributed by atoms with Crippen LogP contribution in [-0.2, 0) is 30.8 Å². The van der Waals surface area contributed by atoms with Crippen LogP contribution in [0.25, 0.3) is 10.8 Å². The number of aromatic hydroxyl groups is 1. The van der Waals surface area contributed by atoms with Crippen molar-refractivity contribution in [2.45, 2.75) is 30.4 Å². The number of hydrogen-bond donors (Lipinski definition) is 2. The maximum Gasteiger partial charge on any atom is 0.417 e. The molecule has 0 bridgehead atoms. The SMILES string of the molecule is O=C(c1ccccc1)c1ccc(N2C(=O)[C@H]3[C@H](CC=C4[C@H]3C[C@H]3C(=O)N(Nc5ncc(C(F)(F)F)cc5Cl)C(=O)[C@@]3(c3ccc(Cl)cc3)[C@H]4c3ccc(O)c4ccccc34)C2=O)cc1. The van der Waals surface area contributed by atoms with Crippen molar-refractivity contribution in [2.75, 3.05) is 10.3 Å². The number of carbonyl (C=O) groups excluding carboxylic acids is 5. The Bertz CT molecular complexity index is 3000. The smallest absolute Gasteiger partial charge is 0.417 e. The van der Waals surface area contributed by atoms with Gasteiger partial charge in [-0.2, -0.15) is 18.2 Å². The molecule has 15 heteroatoms. The molecule has 0 unspecified atom stereocenters. The van der Waals surface area contributed by atoms with Crippen LogP contribution in [0.5, 0.6) is 5.75 Å². The molecule has 2 aliphatic carbocycles. The fourth-order valence-corrected chi connectivity index (χ4v) is 10.8. The van der Waals surface area contributed by atoms with Crippen molar-refractivity contribution in [3.05, 3.63) is 177 Å². The molecule has 4 aliphatic rings. The zero-order valence-corrected chi connectivity index (χ0v) is 34.7. The molecule has 1 saturated carbocycles. The Morgan fingerprint density at radius 2 is 1.45 bits per heavy atom. The Morgan fingerprint density at radius 1 is 0.781 bits per heavy atom. The van der Waals surface area contributed by atoms with Gasteiger partial charge in [0, 0.05) is 33.7 Å². The molecule has 10 nitrogen and oxygen atoms in total. The van der Waals surface area contributed by atoms with Crippen LogP contribution >= 0.6 is 23.2 Å². The number of hydrogen-bond acceptors (Lipinski definition) is 8. The van der Waals surface area contributed by atoms with Crippen LogP contribution in [0.4, 0.5) is 24.7 Å². The lowest BCUT2D eigenvalue weighted by atomic mass is 9.49. The number of hydrazine groups is 1. The van der Waals surface area contributed by atoms with E-state index in [1.54, 1.807) is 109 Å². The molecule has 2 saturated heterocycles. The lowest BCUT2D eigenvalue weighted by Gasteiger charge is -2.51. The molecule has 0 spiro atoms. The van der Waals surface area contributed by atoms with Gasteiger partial charge in [0.25, 0.3) is 11.8 Å². The summed E-state index contributed by atoms with van der Waals surface area (Å²) in [5.41, 5.74) is 2.40. The molecule has 5 aromatic carbocycles. The molecule has 64 heavy (non-hydrogen) atoms. The number of pyridine rings is 1. The molecular formula is C49H33Cl2F3N4O6. The first-order chi connectivity index (χ1) is 30.7. The number of aromatic nitrogens is 1. The summed E-state index contributed by atoms with van der Waals surface area (Å²) >= 11 is 12.7. The summed E-state index contributed by atoms with van der Waals surface area (Å²) in [7, 11) is 0. The number of phenolic OH excluding ortho intramolecular Hbond substituents is 1. The maximum absolute atomic E-state index is 15.6. The average Bonchev–Trinajstić information content (AvgIpc) is 3.67. The largest absolute Gasteiger partial charge is 0.507 e. The summed E-state index contributed by atoms with van der Waals surface area (Å²) in [5, 5.41) is 12.7. The van der Waals surface area contributed by atoms with Gasteiger partial charge in [0.2, 0.25) is 11.8 Å². The number of ketones is 1. The lowest BCUT2D eigenvalue weighted by Crippen LogP contribution is -2.53. The van der Waals surface area contributed by atoms with Gasteiger partial charge < -0.3 is 5.11 Å². The highest BCUT2D eigenvalue weighted by Crippen LogP contribution is 2.65. The predicted octanol–water partition coefficient (Wildman–Crippen LogP) is 9.69. The molecule has 6 aromatic rings. The molecule has 2 aliphatic heterocycles. The highest BCUT2D eigenvalue weighted by molar-refractivity contribution is 6.33. The Hall–Kier alpha value is -6.83. The first kappa shape index (κ1) is 41.2. The Morgan fingerprint density at radius 3 is 2.14 bits per heavy atom. The number of phenols is 1. The molecule has 2 N–H and O–H groups in total. The number of nitrogens with one attached hydrogen (secondary N) is 1. The number of imide groups is 2. The maximum atomic E-state index is 15.6. The normalized spacial score (nSPS) is 24.1. The first-order valence-corrected chi connectivity index (χ1v) is 21.1. The minimum absolute atomic E-state index is 0.0367. The zero-order valence-electron chi connectivity index (χ0n) is 33.2. The Kier molecular flexibility index (Phi) is 9.76. The Balaban J connectivity index is 1.12. The number of allylic oxidation sites excluding steroid dienone is 2. The summed E-state index contributed by atoms with van der Waals surface area (Å²) in [6, 6.07) is 32.2. The fourth-order valence-electron chi connectivity index (χ4n) is 10.5. The summed E-state index contributed by atoms with van der Waals surface area (Å²) in [6.45, 7) is 0. The quantitative estimate of drug-likeness (QED) is 0.0919. The third kappa shape index (κ3) is 6.23. The number of halogens is 5. The van der Waals surface area contributed by atoms with Gasteiger partial charge in [-0.3, -0.25) is 34.3 Å². The number of nitrogens with zero attached hydrogens (tertiary/aromatic N) is 3. The third-order valence-electron chi connectivity index (χ3n) is 13.2. The molecular weight excluding hydrogens is 868 g/mol. The first-order valence-electron chi connectivity index (χ1n) is 20.3. The Labute approximate surface area is 372 Å². The van der Waals surface area contributed by atoms with Crippen LogP contribution in [0.15, 0.2) is 139 Å². The number of amides is 4. The second-order valence-corrected chi connectivity index (χ2v) is 17.2. The van der Waals surface area contributed by atoms with E-state index in [9.17, 15) is 32.7 Å². The van der Waals surface area contributed by atoms with Crippen LogP contribution in [0, 0.1) is 23.7 Å². The number of anilines is 2. The van der Waals surface area contributed by atoms with E-state index in [0.717, 1.165) is 9.91 Å². The van der Waals surface area contributed by atoms with E-state index in [0.29, 0.717) is 55.9 Å². The van der Waals surface area contributed by atoms with Crippen molar-refractivity contribution in [3.8, 4) is 5.75 Å². The number of carbonyl (C=O) groups is 5. The van der Waals surface area contributed by atoms with E-state index in [4.69, 9.17) is 23.2 Å². The van der Waals surface area contributed by atoms with Gasteiger partial charge in [-0.1, -0.05) is 108 Å². The van der Waals surface area contributed by atoms with E-state index in [1.807, 2.05) is 6.08 Å². The van der Waals surface area contributed by atoms with Crippen LogP contribution in [-0.4, -0.2) is 44.5 Å². The van der Waals surface area contributed by atoms with Crippen molar-refractivity contribution in [3.63, 3.8) is 0 Å². The molecule has 320 valence electrons. The van der Waals surface area contributed by atoms with E-state index < -0.39 is 75.4 Å². The second-order valence-electron chi connectivity index (χ2n) is 16.4. The molecule has 0 radical (unpaired) electrons. The van der Waals surface area contributed by atoms with Crippen LogP contribution in [0.2, 0.25) is 10.0 Å². The molecule has 6 atom stereocenters. The third-order valence-corrected chi connectivity index (χ3v) is 13.8. The highest BCUT2D eigenvalue weighted by atomic mass is 35.5. The molecule has 3 heterocycles. The lowest BCUT2D eigenvalue weighted by molar-refractivity contribution is -0.139. The highest BCUT2D eigenvalue weighted by Gasteiger charge is 2.70. The predicted molar refractivity (Wildman–Crippen MR) is 231 cm³/mol. The van der Waals surface area contributed by atoms with E-state index >= 15 is 9.59 Å². The monoisotopic (exact) mass is 900 g/mol. The van der Waals surface area contributed by atoms with Crippen molar-refractivity contribution in [2.24, 2.45) is 23.7 Å². The summed E-state index contributed by atoms with van der Waals surface area (Å²) < 4.78 is 40.9. The van der Waals surface area contributed by atoms with Gasteiger partial charge in [-0.05, 0) is 83.8 Å². The summed E-state index contributed by atoms with van der Waals surface area (Å²) in [5.74, 6) is -7.96. The van der Waals surface area contributed by atoms with Crippen molar-refractivity contribution in [1.29, 1.82) is 0 Å². The minimum Gasteiger partial charge on any atom is -0.507 e. The van der Waals surface area contributed by atoms with Gasteiger partial charge in [0.1, 0.15) is 5.75 Å².